The molecule has 0 amide bonds. The lowest BCUT2D eigenvalue weighted by atomic mass is 9.62. The summed E-state index contributed by atoms with van der Waals surface area (Å²) in [6, 6.07) is 16.0. The van der Waals surface area contributed by atoms with Crippen LogP contribution in [0.1, 0.15) is 145 Å². The van der Waals surface area contributed by atoms with Gasteiger partial charge in [-0.1, -0.05) is 84.9 Å². The first kappa shape index (κ1) is 27.6. The van der Waals surface area contributed by atoms with Crippen LogP contribution in [0.15, 0.2) is 48.5 Å². The summed E-state index contributed by atoms with van der Waals surface area (Å²) in [6.07, 6.45) is 4.57. The van der Waals surface area contributed by atoms with Crippen LogP contribution in [0.3, 0.4) is 0 Å². The molecule has 1 unspecified atom stereocenters. The molecular weight excluding hydrogens is 476 g/mol. The summed E-state index contributed by atoms with van der Waals surface area (Å²) in [5, 5.41) is 0. The fourth-order valence-electron chi connectivity index (χ4n) is 6.89. The molecule has 0 spiro atoms. The van der Waals surface area contributed by atoms with E-state index in [1.807, 2.05) is 38.1 Å². The number of rotatable bonds is 4. The van der Waals surface area contributed by atoms with Crippen LogP contribution in [0.4, 0.5) is 0 Å². The Bertz CT molecular complexity index is 1480. The number of hydrogen-bond acceptors (Lipinski definition) is 2. The van der Waals surface area contributed by atoms with Gasteiger partial charge in [-0.2, -0.15) is 0 Å². The summed E-state index contributed by atoms with van der Waals surface area (Å²) in [6.45, 7) is 20.1. The number of ketones is 2. The number of carbonyl (C=O) groups is 2. The van der Waals surface area contributed by atoms with Crippen molar-refractivity contribution in [2.24, 2.45) is 0 Å². The topological polar surface area (TPSA) is 34.1 Å². The smallest absolute Gasteiger partial charge is 0.193 e. The summed E-state index contributed by atoms with van der Waals surface area (Å²) in [5.74, 6) is 0.566. The first-order chi connectivity index (χ1) is 18.1. The van der Waals surface area contributed by atoms with E-state index in [0.717, 1.165) is 41.5 Å². The Hall–Kier alpha value is -3.00. The third kappa shape index (κ3) is 4.71. The van der Waals surface area contributed by atoms with Crippen LogP contribution in [0.25, 0.3) is 0 Å². The van der Waals surface area contributed by atoms with E-state index in [-0.39, 0.29) is 27.8 Å². The van der Waals surface area contributed by atoms with Crippen molar-refractivity contribution in [3.63, 3.8) is 0 Å². The molecule has 0 heterocycles. The fraction of sp³-hybridized carbons (Fsp3) is 0.459. The third-order valence-corrected chi connectivity index (χ3v) is 9.96. The second-order valence-electron chi connectivity index (χ2n) is 14.3. The Kier molecular flexibility index (Phi) is 6.56. The molecule has 0 N–H and O–H groups in total. The van der Waals surface area contributed by atoms with Crippen LogP contribution < -0.4 is 0 Å². The van der Waals surface area contributed by atoms with Crippen LogP contribution in [-0.4, -0.2) is 11.6 Å². The molecule has 5 rings (SSSR count). The molecular formula is C37H44O2. The normalized spacial score (nSPS) is 20.6. The standard InChI is InChI=1S/C37H44O2/c1-22-14-15-35(4,5)30-20-28(23(2)18-27(22)30)33(38)25-10-12-26(13-11-25)34(39)29-21-32-31(19-24(29)3)36(6,7)16-17-37(32,8)9/h10-13,18-22H,14-17H2,1-9H3. The van der Waals surface area contributed by atoms with Crippen LogP contribution in [0.2, 0.25) is 0 Å². The summed E-state index contributed by atoms with van der Waals surface area (Å²) < 4.78 is 0. The van der Waals surface area contributed by atoms with E-state index in [2.05, 4.69) is 72.7 Å². The van der Waals surface area contributed by atoms with Crippen LogP contribution in [0, 0.1) is 13.8 Å². The molecule has 0 bridgehead atoms. The van der Waals surface area contributed by atoms with Gasteiger partial charge in [0.2, 0.25) is 0 Å². The molecule has 0 saturated carbocycles. The molecule has 3 aromatic rings. The van der Waals surface area contributed by atoms with Gasteiger partial charge in [0.15, 0.2) is 11.6 Å². The minimum atomic E-state index is 0.0224. The van der Waals surface area contributed by atoms with Crippen molar-refractivity contribution in [1.82, 2.24) is 0 Å². The van der Waals surface area contributed by atoms with Gasteiger partial charge in [-0.05, 0) is 107 Å². The van der Waals surface area contributed by atoms with Gasteiger partial charge < -0.3 is 0 Å². The van der Waals surface area contributed by atoms with Gasteiger partial charge in [0.1, 0.15) is 0 Å². The summed E-state index contributed by atoms with van der Waals surface area (Å²) >= 11 is 0. The van der Waals surface area contributed by atoms with Crippen molar-refractivity contribution in [2.75, 3.05) is 0 Å². The largest absolute Gasteiger partial charge is 0.289 e. The highest BCUT2D eigenvalue weighted by Gasteiger charge is 2.38. The van der Waals surface area contributed by atoms with Gasteiger partial charge in [-0.3, -0.25) is 9.59 Å². The molecule has 0 aromatic heterocycles. The highest BCUT2D eigenvalue weighted by Crippen LogP contribution is 2.47. The molecule has 0 saturated heterocycles. The number of carbonyl (C=O) groups excluding carboxylic acids is 2. The number of hydrogen-bond donors (Lipinski definition) is 0. The maximum absolute atomic E-state index is 13.7. The molecule has 2 heteroatoms. The van der Waals surface area contributed by atoms with Crippen LogP contribution >= 0.6 is 0 Å². The van der Waals surface area contributed by atoms with E-state index < -0.39 is 0 Å². The quantitative estimate of drug-likeness (QED) is 0.321. The molecule has 2 nitrogen and oxygen atoms in total. The number of fused-ring (bicyclic) bond motifs is 2. The minimum absolute atomic E-state index is 0.0224. The van der Waals surface area contributed by atoms with E-state index in [1.165, 1.54) is 28.7 Å². The Balaban J connectivity index is 1.47. The lowest BCUT2D eigenvalue weighted by Crippen LogP contribution is -2.34. The molecule has 2 aliphatic rings. The average Bonchev–Trinajstić information content (AvgIpc) is 2.88. The number of aryl methyl sites for hydroxylation is 2. The molecule has 1 atom stereocenters. The summed E-state index contributed by atoms with van der Waals surface area (Å²) in [7, 11) is 0. The SMILES string of the molecule is Cc1cc2c(cc1C(=O)c1ccc(C(=O)c3cc4c(cc3C)C(C)(C)CCC4(C)C)cc1)C(C)(C)CCC2C. The molecule has 3 aromatic carbocycles. The fourth-order valence-corrected chi connectivity index (χ4v) is 6.89. The molecule has 0 aliphatic heterocycles. The zero-order chi connectivity index (χ0) is 28.5. The van der Waals surface area contributed by atoms with Crippen molar-refractivity contribution in [2.45, 2.75) is 110 Å². The molecule has 2 aliphatic carbocycles. The minimum Gasteiger partial charge on any atom is -0.289 e. The Morgan fingerprint density at radius 3 is 1.54 bits per heavy atom. The van der Waals surface area contributed by atoms with Crippen molar-refractivity contribution in [1.29, 1.82) is 0 Å². The van der Waals surface area contributed by atoms with Crippen molar-refractivity contribution in [3.8, 4) is 0 Å². The van der Waals surface area contributed by atoms with Gasteiger partial charge in [-0.25, -0.2) is 0 Å². The molecule has 0 fully saturated rings. The van der Waals surface area contributed by atoms with E-state index in [9.17, 15) is 9.59 Å². The van der Waals surface area contributed by atoms with Gasteiger partial charge >= 0.3 is 0 Å². The van der Waals surface area contributed by atoms with Gasteiger partial charge in [0.05, 0.1) is 0 Å². The monoisotopic (exact) mass is 520 g/mol. The predicted molar refractivity (Wildman–Crippen MR) is 162 cm³/mol. The van der Waals surface area contributed by atoms with Gasteiger partial charge in [0, 0.05) is 22.3 Å². The van der Waals surface area contributed by atoms with Gasteiger partial charge in [-0.15, -0.1) is 0 Å². The van der Waals surface area contributed by atoms with Gasteiger partial charge in [0.25, 0.3) is 0 Å². The van der Waals surface area contributed by atoms with Crippen molar-refractivity contribution in [3.05, 3.63) is 104 Å². The van der Waals surface area contributed by atoms with Crippen LogP contribution in [0.5, 0.6) is 0 Å². The maximum Gasteiger partial charge on any atom is 0.193 e. The first-order valence-electron chi connectivity index (χ1n) is 14.6. The highest BCUT2D eigenvalue weighted by molar-refractivity contribution is 6.12. The van der Waals surface area contributed by atoms with E-state index >= 15 is 0 Å². The Morgan fingerprint density at radius 1 is 0.615 bits per heavy atom. The third-order valence-electron chi connectivity index (χ3n) is 9.96. The van der Waals surface area contributed by atoms with Crippen LogP contribution in [-0.2, 0) is 16.2 Å². The second-order valence-corrected chi connectivity index (χ2v) is 14.3. The van der Waals surface area contributed by atoms with E-state index in [4.69, 9.17) is 0 Å². The molecule has 39 heavy (non-hydrogen) atoms. The summed E-state index contributed by atoms with van der Waals surface area (Å²) in [5.41, 5.74) is 10.4. The summed E-state index contributed by atoms with van der Waals surface area (Å²) in [4.78, 5) is 27.4. The second kappa shape index (κ2) is 9.29. The predicted octanol–water partition coefficient (Wildman–Crippen LogP) is 9.29. The lowest BCUT2D eigenvalue weighted by Gasteiger charge is -2.42. The first-order valence-corrected chi connectivity index (χ1v) is 14.6. The Labute approximate surface area is 235 Å². The zero-order valence-electron chi connectivity index (χ0n) is 25.3. The lowest BCUT2D eigenvalue weighted by molar-refractivity contribution is 0.102. The van der Waals surface area contributed by atoms with E-state index in [1.54, 1.807) is 0 Å². The van der Waals surface area contributed by atoms with Crippen molar-refractivity contribution >= 4 is 11.6 Å². The highest BCUT2D eigenvalue weighted by atomic mass is 16.1. The average molecular weight is 521 g/mol. The zero-order valence-corrected chi connectivity index (χ0v) is 25.3. The number of benzene rings is 3. The maximum atomic E-state index is 13.7. The van der Waals surface area contributed by atoms with Crippen molar-refractivity contribution < 1.29 is 9.59 Å². The molecule has 204 valence electrons. The molecule has 0 radical (unpaired) electrons. The van der Waals surface area contributed by atoms with E-state index in [0.29, 0.717) is 17.0 Å². The Morgan fingerprint density at radius 2 is 1.03 bits per heavy atom.